The number of para-hydroxylation sites is 1. The summed E-state index contributed by atoms with van der Waals surface area (Å²) in [5.41, 5.74) is 3.65. The zero-order valence-corrected chi connectivity index (χ0v) is 16.3. The minimum atomic E-state index is -0.365. The molecule has 1 aliphatic rings. The Morgan fingerprint density at radius 1 is 0.724 bits per heavy atom. The van der Waals surface area contributed by atoms with Gasteiger partial charge in [-0.25, -0.2) is 4.90 Å². The van der Waals surface area contributed by atoms with Gasteiger partial charge < -0.3 is 10.2 Å². The third-order valence-corrected chi connectivity index (χ3v) is 4.81. The van der Waals surface area contributed by atoms with E-state index in [2.05, 4.69) is 5.32 Å². The molecule has 0 atom stereocenters. The summed E-state index contributed by atoms with van der Waals surface area (Å²) in [6, 6.07) is 26.0. The predicted octanol–water partition coefficient (Wildman–Crippen LogP) is 4.15. The Bertz CT molecular complexity index is 1070. The first-order chi connectivity index (χ1) is 14.1. The largest absolute Gasteiger partial charge is 0.378 e. The third kappa shape index (κ3) is 3.50. The Labute approximate surface area is 169 Å². The Kier molecular flexibility index (Phi) is 4.87. The van der Waals surface area contributed by atoms with E-state index in [1.807, 2.05) is 91.8 Å². The van der Waals surface area contributed by atoms with Crippen LogP contribution in [0.4, 0.5) is 17.1 Å². The van der Waals surface area contributed by atoms with E-state index >= 15 is 0 Å². The normalized spacial score (nSPS) is 13.8. The molecule has 5 heteroatoms. The predicted molar refractivity (Wildman–Crippen MR) is 117 cm³/mol. The number of nitrogens with zero attached hydrogens (tertiary/aromatic N) is 2. The topological polar surface area (TPSA) is 52.6 Å². The average molecular weight is 383 g/mol. The molecule has 0 saturated heterocycles. The molecule has 5 nitrogen and oxygen atoms in total. The fourth-order valence-electron chi connectivity index (χ4n) is 3.32. The number of rotatable bonds is 5. The number of hydrogen-bond donors (Lipinski definition) is 1. The van der Waals surface area contributed by atoms with Crippen LogP contribution in [0, 0.1) is 0 Å². The van der Waals surface area contributed by atoms with Gasteiger partial charge in [0.15, 0.2) is 0 Å². The molecule has 3 aromatic rings. The van der Waals surface area contributed by atoms with Gasteiger partial charge in [0.25, 0.3) is 11.8 Å². The minimum absolute atomic E-state index is 0.282. The van der Waals surface area contributed by atoms with Gasteiger partial charge in [-0.1, -0.05) is 48.5 Å². The van der Waals surface area contributed by atoms with Crippen LogP contribution in [0.3, 0.4) is 0 Å². The van der Waals surface area contributed by atoms with Crippen LogP contribution < -0.4 is 15.1 Å². The second kappa shape index (κ2) is 7.64. The molecular weight excluding hydrogens is 362 g/mol. The first-order valence-corrected chi connectivity index (χ1v) is 9.34. The highest BCUT2D eigenvalue weighted by molar-refractivity contribution is 6.46. The molecule has 2 amide bonds. The molecule has 1 heterocycles. The van der Waals surface area contributed by atoms with Crippen LogP contribution in [0.1, 0.15) is 5.56 Å². The molecule has 3 aromatic carbocycles. The van der Waals surface area contributed by atoms with Crippen LogP contribution in [0.2, 0.25) is 0 Å². The van der Waals surface area contributed by atoms with Crippen molar-refractivity contribution in [3.63, 3.8) is 0 Å². The lowest BCUT2D eigenvalue weighted by Crippen LogP contribution is -2.32. The molecule has 0 radical (unpaired) electrons. The smallest absolute Gasteiger partial charge is 0.282 e. The molecule has 0 bridgehead atoms. The molecule has 0 unspecified atom stereocenters. The van der Waals surface area contributed by atoms with Crippen LogP contribution in [0.25, 0.3) is 5.57 Å². The van der Waals surface area contributed by atoms with Crippen molar-refractivity contribution in [2.45, 2.75) is 0 Å². The SMILES string of the molecule is CN(C)c1ccc(N2C(=O)C(Nc3ccccc3)=C(c3ccccc3)C2=O)cc1. The van der Waals surface area contributed by atoms with Crippen molar-refractivity contribution in [1.29, 1.82) is 0 Å². The molecule has 0 spiro atoms. The number of hydrogen-bond acceptors (Lipinski definition) is 4. The van der Waals surface area contributed by atoms with E-state index in [0.29, 0.717) is 16.8 Å². The van der Waals surface area contributed by atoms with Gasteiger partial charge in [-0.15, -0.1) is 0 Å². The molecule has 0 fully saturated rings. The molecule has 144 valence electrons. The van der Waals surface area contributed by atoms with Crippen molar-refractivity contribution >= 4 is 34.4 Å². The number of anilines is 3. The molecule has 0 aromatic heterocycles. The van der Waals surface area contributed by atoms with Crippen LogP contribution in [-0.2, 0) is 9.59 Å². The van der Waals surface area contributed by atoms with Crippen LogP contribution in [0.5, 0.6) is 0 Å². The Morgan fingerprint density at radius 2 is 1.31 bits per heavy atom. The molecule has 29 heavy (non-hydrogen) atoms. The molecular formula is C24H21N3O2. The standard InChI is InChI=1S/C24H21N3O2/c1-26(2)19-13-15-20(16-14-19)27-23(28)21(17-9-5-3-6-10-17)22(24(27)29)25-18-11-7-4-8-12-18/h3-16,25H,1-2H3. The summed E-state index contributed by atoms with van der Waals surface area (Å²) in [7, 11) is 3.89. The molecule has 0 aliphatic carbocycles. The van der Waals surface area contributed by atoms with E-state index in [1.165, 1.54) is 4.90 Å². The first-order valence-electron chi connectivity index (χ1n) is 9.34. The zero-order valence-electron chi connectivity index (χ0n) is 16.3. The second-order valence-corrected chi connectivity index (χ2v) is 6.96. The fraction of sp³-hybridized carbons (Fsp3) is 0.0833. The average Bonchev–Trinajstić information content (AvgIpc) is 2.99. The minimum Gasteiger partial charge on any atom is -0.378 e. The van der Waals surface area contributed by atoms with Crippen LogP contribution in [0.15, 0.2) is 90.6 Å². The maximum absolute atomic E-state index is 13.3. The van der Waals surface area contributed by atoms with Crippen molar-refractivity contribution in [2.24, 2.45) is 0 Å². The van der Waals surface area contributed by atoms with E-state index in [1.54, 1.807) is 12.1 Å². The van der Waals surface area contributed by atoms with E-state index in [9.17, 15) is 9.59 Å². The summed E-state index contributed by atoms with van der Waals surface area (Å²) in [6.45, 7) is 0. The van der Waals surface area contributed by atoms with Crippen molar-refractivity contribution < 1.29 is 9.59 Å². The van der Waals surface area contributed by atoms with Crippen molar-refractivity contribution in [2.75, 3.05) is 29.2 Å². The van der Waals surface area contributed by atoms with Gasteiger partial charge in [0, 0.05) is 25.5 Å². The Balaban J connectivity index is 1.77. The van der Waals surface area contributed by atoms with Crippen LogP contribution >= 0.6 is 0 Å². The lowest BCUT2D eigenvalue weighted by Gasteiger charge is -2.18. The molecule has 1 aliphatic heterocycles. The lowest BCUT2D eigenvalue weighted by atomic mass is 10.0. The van der Waals surface area contributed by atoms with Crippen molar-refractivity contribution in [3.05, 3.63) is 96.2 Å². The van der Waals surface area contributed by atoms with Gasteiger partial charge in [-0.3, -0.25) is 9.59 Å². The Hall–Kier alpha value is -3.86. The number of benzene rings is 3. The van der Waals surface area contributed by atoms with Gasteiger partial charge in [0.2, 0.25) is 0 Å². The third-order valence-electron chi connectivity index (χ3n) is 4.81. The molecule has 1 N–H and O–H groups in total. The van der Waals surface area contributed by atoms with Gasteiger partial charge in [-0.05, 0) is 42.0 Å². The first kappa shape index (κ1) is 18.5. The maximum atomic E-state index is 13.3. The summed E-state index contributed by atoms with van der Waals surface area (Å²) >= 11 is 0. The summed E-state index contributed by atoms with van der Waals surface area (Å²) in [6.07, 6.45) is 0. The highest BCUT2D eigenvalue weighted by Gasteiger charge is 2.40. The lowest BCUT2D eigenvalue weighted by molar-refractivity contribution is -0.120. The summed E-state index contributed by atoms with van der Waals surface area (Å²) in [5, 5.41) is 3.16. The second-order valence-electron chi connectivity index (χ2n) is 6.96. The highest BCUT2D eigenvalue weighted by Crippen LogP contribution is 2.34. The number of amides is 2. The highest BCUT2D eigenvalue weighted by atomic mass is 16.2. The summed E-state index contributed by atoms with van der Waals surface area (Å²) in [5.74, 6) is -0.701. The van der Waals surface area contributed by atoms with Crippen molar-refractivity contribution in [3.8, 4) is 0 Å². The number of carbonyl (C=O) groups excluding carboxylic acids is 2. The van der Waals surface area contributed by atoms with Crippen LogP contribution in [-0.4, -0.2) is 25.9 Å². The Morgan fingerprint density at radius 3 is 1.90 bits per heavy atom. The monoisotopic (exact) mass is 383 g/mol. The van der Waals surface area contributed by atoms with Gasteiger partial charge in [0.05, 0.1) is 11.3 Å². The van der Waals surface area contributed by atoms with E-state index in [-0.39, 0.29) is 17.5 Å². The number of nitrogens with one attached hydrogen (secondary N) is 1. The zero-order chi connectivity index (χ0) is 20.4. The number of carbonyl (C=O) groups is 2. The summed E-state index contributed by atoms with van der Waals surface area (Å²) < 4.78 is 0. The summed E-state index contributed by atoms with van der Waals surface area (Å²) in [4.78, 5) is 29.8. The van der Waals surface area contributed by atoms with Gasteiger partial charge >= 0.3 is 0 Å². The van der Waals surface area contributed by atoms with E-state index < -0.39 is 0 Å². The van der Waals surface area contributed by atoms with E-state index in [4.69, 9.17) is 0 Å². The van der Waals surface area contributed by atoms with Gasteiger partial charge in [0.1, 0.15) is 5.70 Å². The molecule has 0 saturated carbocycles. The van der Waals surface area contributed by atoms with Crippen molar-refractivity contribution in [1.82, 2.24) is 0 Å². The maximum Gasteiger partial charge on any atom is 0.282 e. The van der Waals surface area contributed by atoms with Gasteiger partial charge in [-0.2, -0.15) is 0 Å². The quantitative estimate of drug-likeness (QED) is 0.673. The number of imide groups is 1. The van der Waals surface area contributed by atoms with E-state index in [0.717, 1.165) is 11.4 Å². The fourth-order valence-corrected chi connectivity index (χ4v) is 3.32. The molecule has 4 rings (SSSR count).